The summed E-state index contributed by atoms with van der Waals surface area (Å²) in [5.41, 5.74) is 4.46. The van der Waals surface area contributed by atoms with E-state index in [1.165, 1.54) is 42.6 Å². The van der Waals surface area contributed by atoms with E-state index in [4.69, 9.17) is 0 Å². The van der Waals surface area contributed by atoms with Crippen LogP contribution in [0.2, 0.25) is 0 Å². The van der Waals surface area contributed by atoms with Crippen LogP contribution in [0.1, 0.15) is 69.7 Å². The van der Waals surface area contributed by atoms with Crippen molar-refractivity contribution in [2.24, 2.45) is 0 Å². The van der Waals surface area contributed by atoms with Gasteiger partial charge in [-0.05, 0) is 60.9 Å². The molecule has 0 saturated carbocycles. The summed E-state index contributed by atoms with van der Waals surface area (Å²) in [6, 6.07) is 7.37. The summed E-state index contributed by atoms with van der Waals surface area (Å²) >= 11 is 0. The number of likely N-dealkylation sites (tertiary alicyclic amines) is 1. The van der Waals surface area contributed by atoms with E-state index in [0.717, 1.165) is 12.8 Å². The zero-order valence-corrected chi connectivity index (χ0v) is 14.2. The van der Waals surface area contributed by atoms with Crippen LogP contribution in [0.3, 0.4) is 0 Å². The topological polar surface area (TPSA) is 23.5 Å². The second-order valence-electron chi connectivity index (χ2n) is 7.29. The predicted molar refractivity (Wildman–Crippen MR) is 89.8 cm³/mol. The summed E-state index contributed by atoms with van der Waals surface area (Å²) in [6.07, 6.45) is 4.50. The molecule has 0 spiro atoms. The molecule has 1 atom stereocenters. The molecule has 1 N–H and O–H groups in total. The number of hydrogen-bond donors (Lipinski definition) is 1. The van der Waals surface area contributed by atoms with E-state index in [1.54, 1.807) is 0 Å². The maximum absolute atomic E-state index is 9.52. The van der Waals surface area contributed by atoms with Crippen molar-refractivity contribution < 1.29 is 5.11 Å². The molecule has 1 aliphatic rings. The quantitative estimate of drug-likeness (QED) is 0.883. The number of nitrogens with zero attached hydrogens (tertiary/aromatic N) is 1. The van der Waals surface area contributed by atoms with E-state index >= 15 is 0 Å². The molecule has 1 saturated heterocycles. The van der Waals surface area contributed by atoms with E-state index < -0.39 is 0 Å². The van der Waals surface area contributed by atoms with Gasteiger partial charge in [-0.2, -0.15) is 0 Å². The minimum absolute atomic E-state index is 0.176. The molecule has 1 aliphatic heterocycles. The highest BCUT2D eigenvalue weighted by atomic mass is 16.3. The van der Waals surface area contributed by atoms with Crippen molar-refractivity contribution in [3.05, 3.63) is 34.9 Å². The number of rotatable bonds is 5. The van der Waals surface area contributed by atoms with Crippen molar-refractivity contribution >= 4 is 0 Å². The van der Waals surface area contributed by atoms with Crippen LogP contribution >= 0.6 is 0 Å². The molecule has 0 bridgehead atoms. The van der Waals surface area contributed by atoms with Gasteiger partial charge in [0, 0.05) is 12.6 Å². The summed E-state index contributed by atoms with van der Waals surface area (Å²) in [6.45, 7) is 11.7. The molecule has 0 amide bonds. The van der Waals surface area contributed by atoms with Gasteiger partial charge in [0.2, 0.25) is 0 Å². The molecular formula is C19H31NO. The summed E-state index contributed by atoms with van der Waals surface area (Å²) in [5.74, 6) is 0. The lowest BCUT2D eigenvalue weighted by molar-refractivity contribution is 0.184. The van der Waals surface area contributed by atoms with Gasteiger partial charge in [-0.25, -0.2) is 0 Å². The standard InChI is InChI=1S/C19H31NO/c1-5-15-8-9-16(19(2,3)4)14-17(15)18(10-13-21)20-11-6-7-12-20/h8-9,14,18,21H,5-7,10-13H2,1-4H3. The number of aliphatic hydroxyl groups excluding tert-OH is 1. The SMILES string of the molecule is CCc1ccc(C(C)(C)C)cc1C(CCO)N1CCCC1. The third-order valence-corrected chi connectivity index (χ3v) is 4.74. The van der Waals surface area contributed by atoms with Gasteiger partial charge in [-0.15, -0.1) is 0 Å². The molecule has 2 heteroatoms. The first-order valence-electron chi connectivity index (χ1n) is 8.45. The molecule has 118 valence electrons. The molecule has 1 aromatic rings. The Balaban J connectivity index is 2.41. The second-order valence-corrected chi connectivity index (χ2v) is 7.29. The van der Waals surface area contributed by atoms with Crippen molar-refractivity contribution in [1.82, 2.24) is 4.90 Å². The van der Waals surface area contributed by atoms with Gasteiger partial charge >= 0.3 is 0 Å². The Morgan fingerprint density at radius 3 is 2.38 bits per heavy atom. The van der Waals surface area contributed by atoms with E-state index in [0.29, 0.717) is 6.04 Å². The fourth-order valence-corrected chi connectivity index (χ4v) is 3.40. The van der Waals surface area contributed by atoms with Gasteiger partial charge in [0.1, 0.15) is 0 Å². The molecule has 0 aromatic heterocycles. The molecule has 1 fully saturated rings. The molecule has 1 heterocycles. The zero-order valence-electron chi connectivity index (χ0n) is 14.2. The number of aryl methyl sites for hydroxylation is 1. The molecule has 2 nitrogen and oxygen atoms in total. The third kappa shape index (κ3) is 3.87. The Bertz CT molecular complexity index is 455. The highest BCUT2D eigenvalue weighted by Gasteiger charge is 2.26. The van der Waals surface area contributed by atoms with Crippen LogP contribution in [0.15, 0.2) is 18.2 Å². The maximum Gasteiger partial charge on any atom is 0.0449 e. The number of aliphatic hydroxyl groups is 1. The lowest BCUT2D eigenvalue weighted by Gasteiger charge is -2.31. The average molecular weight is 289 g/mol. The summed E-state index contributed by atoms with van der Waals surface area (Å²) < 4.78 is 0. The minimum atomic E-state index is 0.176. The summed E-state index contributed by atoms with van der Waals surface area (Å²) in [7, 11) is 0. The van der Waals surface area contributed by atoms with Gasteiger partial charge in [-0.3, -0.25) is 4.90 Å². The fourth-order valence-electron chi connectivity index (χ4n) is 3.40. The first-order chi connectivity index (χ1) is 9.97. The van der Waals surface area contributed by atoms with Crippen LogP contribution in [0.4, 0.5) is 0 Å². The summed E-state index contributed by atoms with van der Waals surface area (Å²) in [4.78, 5) is 2.57. The van der Waals surface area contributed by atoms with Crippen LogP contribution in [0.25, 0.3) is 0 Å². The smallest absolute Gasteiger partial charge is 0.0449 e. The lowest BCUT2D eigenvalue weighted by atomic mass is 9.83. The largest absolute Gasteiger partial charge is 0.396 e. The third-order valence-electron chi connectivity index (χ3n) is 4.74. The van der Waals surface area contributed by atoms with E-state index in [9.17, 15) is 5.11 Å². The predicted octanol–water partition coefficient (Wildman–Crippen LogP) is 4.07. The Hall–Kier alpha value is -0.860. The monoisotopic (exact) mass is 289 g/mol. The first-order valence-corrected chi connectivity index (χ1v) is 8.45. The normalized spacial score (nSPS) is 18.1. The van der Waals surface area contributed by atoms with Crippen LogP contribution in [0.5, 0.6) is 0 Å². The molecule has 0 aliphatic carbocycles. The van der Waals surface area contributed by atoms with Gasteiger partial charge in [0.05, 0.1) is 0 Å². The minimum Gasteiger partial charge on any atom is -0.396 e. The zero-order chi connectivity index (χ0) is 15.5. The van der Waals surface area contributed by atoms with Crippen LogP contribution in [0, 0.1) is 0 Å². The number of hydrogen-bond acceptors (Lipinski definition) is 2. The average Bonchev–Trinajstić information content (AvgIpc) is 2.97. The van der Waals surface area contributed by atoms with Crippen molar-refractivity contribution in [2.75, 3.05) is 19.7 Å². The fraction of sp³-hybridized carbons (Fsp3) is 0.684. The Kier molecular flexibility index (Phi) is 5.45. The maximum atomic E-state index is 9.52. The second kappa shape index (κ2) is 6.93. The Morgan fingerprint density at radius 2 is 1.86 bits per heavy atom. The van der Waals surface area contributed by atoms with E-state index in [1.807, 2.05) is 0 Å². The van der Waals surface area contributed by atoms with Gasteiger partial charge < -0.3 is 5.11 Å². The molecule has 0 radical (unpaired) electrons. The molecule has 21 heavy (non-hydrogen) atoms. The first kappa shape index (κ1) is 16.5. The Labute approximate surface area is 130 Å². The van der Waals surface area contributed by atoms with Crippen molar-refractivity contribution in [3.63, 3.8) is 0 Å². The number of benzene rings is 1. The van der Waals surface area contributed by atoms with Crippen LogP contribution in [-0.2, 0) is 11.8 Å². The highest BCUT2D eigenvalue weighted by Crippen LogP contribution is 2.33. The van der Waals surface area contributed by atoms with E-state index in [-0.39, 0.29) is 12.0 Å². The lowest BCUT2D eigenvalue weighted by Crippen LogP contribution is -2.28. The van der Waals surface area contributed by atoms with Gasteiger partial charge in [0.25, 0.3) is 0 Å². The van der Waals surface area contributed by atoms with E-state index in [2.05, 4.69) is 50.8 Å². The van der Waals surface area contributed by atoms with Crippen LogP contribution < -0.4 is 0 Å². The van der Waals surface area contributed by atoms with Crippen molar-refractivity contribution in [3.8, 4) is 0 Å². The molecular weight excluding hydrogens is 258 g/mol. The Morgan fingerprint density at radius 1 is 1.19 bits per heavy atom. The highest BCUT2D eigenvalue weighted by molar-refractivity contribution is 5.37. The van der Waals surface area contributed by atoms with Gasteiger partial charge in [0.15, 0.2) is 0 Å². The van der Waals surface area contributed by atoms with Crippen LogP contribution in [-0.4, -0.2) is 29.7 Å². The van der Waals surface area contributed by atoms with Crippen molar-refractivity contribution in [1.29, 1.82) is 0 Å². The summed E-state index contributed by atoms with van der Waals surface area (Å²) in [5, 5.41) is 9.52. The molecule has 1 unspecified atom stereocenters. The molecule has 1 aromatic carbocycles. The molecule has 2 rings (SSSR count). The van der Waals surface area contributed by atoms with Crippen molar-refractivity contribution in [2.45, 2.75) is 64.8 Å². The van der Waals surface area contributed by atoms with Gasteiger partial charge in [-0.1, -0.05) is 45.9 Å².